The monoisotopic (exact) mass is 404 g/mol. The van der Waals surface area contributed by atoms with Crippen molar-refractivity contribution in [2.75, 3.05) is 26.7 Å². The van der Waals surface area contributed by atoms with Crippen molar-refractivity contribution in [1.29, 1.82) is 0 Å². The number of halogens is 1. The summed E-state index contributed by atoms with van der Waals surface area (Å²) in [5.41, 5.74) is 2.67. The smallest absolute Gasteiger partial charge is 0.220 e. The Morgan fingerprint density at radius 2 is 2.04 bits per heavy atom. The number of nitrogens with one attached hydrogen (secondary N) is 1. The van der Waals surface area contributed by atoms with E-state index in [-0.39, 0.29) is 18.3 Å². The van der Waals surface area contributed by atoms with Crippen molar-refractivity contribution in [3.05, 3.63) is 42.2 Å². The van der Waals surface area contributed by atoms with Gasteiger partial charge in [-0.2, -0.15) is 5.10 Å². The summed E-state index contributed by atoms with van der Waals surface area (Å²) in [5.74, 6) is 1.09. The van der Waals surface area contributed by atoms with Crippen molar-refractivity contribution < 1.29 is 9.53 Å². The molecule has 2 aliphatic rings. The number of piperidine rings is 1. The molecule has 1 spiro atoms. The van der Waals surface area contributed by atoms with E-state index in [0.717, 1.165) is 50.5 Å². The van der Waals surface area contributed by atoms with Gasteiger partial charge in [0.2, 0.25) is 5.91 Å². The van der Waals surface area contributed by atoms with Crippen LogP contribution in [0.3, 0.4) is 0 Å². The predicted molar refractivity (Wildman–Crippen MR) is 111 cm³/mol. The number of methoxy groups -OCH3 is 1. The Morgan fingerprint density at radius 1 is 1.21 bits per heavy atom. The van der Waals surface area contributed by atoms with E-state index in [2.05, 4.69) is 27.4 Å². The third-order valence-corrected chi connectivity index (χ3v) is 6.21. The standard InChI is InChI=1S/C21H28N4O2.ClH/c1-27-18-3-4-19(25-12-2-10-23-25)17(15-18)16-24-13-8-21(9-14-24)6-5-20(26)22-11-7-21;/h2-4,10,12,15H,5-9,11,13-14,16H2,1H3,(H,22,26);1H. The van der Waals surface area contributed by atoms with Crippen LogP contribution in [0.25, 0.3) is 5.69 Å². The van der Waals surface area contributed by atoms with Crippen LogP contribution in [0.1, 0.15) is 37.7 Å². The number of likely N-dealkylation sites (tertiary alicyclic amines) is 1. The van der Waals surface area contributed by atoms with Crippen molar-refractivity contribution in [1.82, 2.24) is 20.0 Å². The summed E-state index contributed by atoms with van der Waals surface area (Å²) >= 11 is 0. The van der Waals surface area contributed by atoms with Gasteiger partial charge in [0.25, 0.3) is 0 Å². The van der Waals surface area contributed by atoms with Crippen molar-refractivity contribution in [2.45, 2.75) is 38.6 Å². The lowest BCUT2D eigenvalue weighted by Gasteiger charge is -2.41. The molecule has 0 atom stereocenters. The molecular formula is C21H29ClN4O2. The van der Waals surface area contributed by atoms with Gasteiger partial charge in [0.1, 0.15) is 5.75 Å². The maximum atomic E-state index is 11.7. The summed E-state index contributed by atoms with van der Waals surface area (Å²) in [6, 6.07) is 8.13. The summed E-state index contributed by atoms with van der Waals surface area (Å²) < 4.78 is 7.36. The van der Waals surface area contributed by atoms with Gasteiger partial charge < -0.3 is 10.1 Å². The zero-order chi connectivity index (χ0) is 18.7. The van der Waals surface area contributed by atoms with E-state index in [4.69, 9.17) is 4.74 Å². The number of carbonyl (C=O) groups is 1. The molecule has 2 aliphatic heterocycles. The molecule has 2 saturated heterocycles. The summed E-state index contributed by atoms with van der Waals surface area (Å²) in [7, 11) is 1.71. The molecule has 2 fully saturated rings. The van der Waals surface area contributed by atoms with Gasteiger partial charge in [-0.3, -0.25) is 9.69 Å². The van der Waals surface area contributed by atoms with Crippen LogP contribution in [0.4, 0.5) is 0 Å². The number of nitrogens with zero attached hydrogens (tertiary/aromatic N) is 3. The van der Waals surface area contributed by atoms with Gasteiger partial charge in [0.05, 0.1) is 12.8 Å². The third-order valence-electron chi connectivity index (χ3n) is 6.21. The minimum Gasteiger partial charge on any atom is -0.497 e. The number of hydrogen-bond acceptors (Lipinski definition) is 4. The molecule has 1 N–H and O–H groups in total. The Morgan fingerprint density at radius 3 is 2.75 bits per heavy atom. The fourth-order valence-corrected chi connectivity index (χ4v) is 4.44. The molecule has 1 aromatic heterocycles. The Kier molecular flexibility index (Phi) is 6.62. The van der Waals surface area contributed by atoms with Crippen LogP contribution in [0.2, 0.25) is 0 Å². The lowest BCUT2D eigenvalue weighted by atomic mass is 9.73. The second-order valence-electron chi connectivity index (χ2n) is 7.82. The number of carbonyl (C=O) groups excluding carboxylic acids is 1. The average molecular weight is 405 g/mol. The number of amides is 1. The van der Waals surface area contributed by atoms with Crippen LogP contribution in [0.15, 0.2) is 36.7 Å². The maximum absolute atomic E-state index is 11.7. The first-order chi connectivity index (χ1) is 13.2. The zero-order valence-electron chi connectivity index (χ0n) is 16.4. The van der Waals surface area contributed by atoms with E-state index < -0.39 is 0 Å². The van der Waals surface area contributed by atoms with E-state index in [9.17, 15) is 4.79 Å². The molecule has 28 heavy (non-hydrogen) atoms. The second kappa shape index (κ2) is 8.97. The quantitative estimate of drug-likeness (QED) is 0.850. The van der Waals surface area contributed by atoms with Crippen LogP contribution in [0, 0.1) is 5.41 Å². The van der Waals surface area contributed by atoms with E-state index in [1.807, 2.05) is 23.0 Å². The van der Waals surface area contributed by atoms with E-state index in [0.29, 0.717) is 11.8 Å². The molecule has 152 valence electrons. The highest BCUT2D eigenvalue weighted by molar-refractivity contribution is 5.85. The van der Waals surface area contributed by atoms with E-state index >= 15 is 0 Å². The largest absolute Gasteiger partial charge is 0.497 e. The molecule has 6 nitrogen and oxygen atoms in total. The lowest BCUT2D eigenvalue weighted by molar-refractivity contribution is -0.121. The molecule has 0 bridgehead atoms. The van der Waals surface area contributed by atoms with Crippen LogP contribution in [-0.2, 0) is 11.3 Å². The molecular weight excluding hydrogens is 376 g/mol. The van der Waals surface area contributed by atoms with Crippen molar-refractivity contribution in [3.63, 3.8) is 0 Å². The molecule has 2 aromatic rings. The normalized spacial score (nSPS) is 19.5. The molecule has 0 aliphatic carbocycles. The fourth-order valence-electron chi connectivity index (χ4n) is 4.44. The maximum Gasteiger partial charge on any atom is 0.220 e. The molecule has 0 saturated carbocycles. The molecule has 1 aromatic carbocycles. The highest BCUT2D eigenvalue weighted by atomic mass is 35.5. The zero-order valence-corrected chi connectivity index (χ0v) is 17.2. The Hall–Kier alpha value is -2.05. The van der Waals surface area contributed by atoms with Crippen molar-refractivity contribution >= 4 is 18.3 Å². The topological polar surface area (TPSA) is 59.4 Å². The van der Waals surface area contributed by atoms with Gasteiger partial charge in [0, 0.05) is 31.9 Å². The Balaban J connectivity index is 0.00000225. The highest BCUT2D eigenvalue weighted by Gasteiger charge is 2.36. The first-order valence-corrected chi connectivity index (χ1v) is 9.83. The van der Waals surface area contributed by atoms with Gasteiger partial charge in [-0.15, -0.1) is 12.4 Å². The Labute approximate surface area is 172 Å². The number of benzene rings is 1. The first kappa shape index (κ1) is 20.7. The van der Waals surface area contributed by atoms with Crippen molar-refractivity contribution in [2.24, 2.45) is 5.41 Å². The SMILES string of the molecule is COc1ccc(-n2cccn2)c(CN2CCC3(CCNC(=O)CC3)CC2)c1.Cl. The first-order valence-electron chi connectivity index (χ1n) is 9.83. The van der Waals surface area contributed by atoms with Gasteiger partial charge in [-0.05, 0) is 74.0 Å². The van der Waals surface area contributed by atoms with E-state index in [1.54, 1.807) is 13.3 Å². The van der Waals surface area contributed by atoms with Gasteiger partial charge in [-0.25, -0.2) is 4.68 Å². The van der Waals surface area contributed by atoms with Gasteiger partial charge in [0.15, 0.2) is 0 Å². The Bertz CT molecular complexity index is 786. The highest BCUT2D eigenvalue weighted by Crippen LogP contribution is 2.40. The van der Waals surface area contributed by atoms with Crippen LogP contribution >= 0.6 is 12.4 Å². The van der Waals surface area contributed by atoms with Crippen LogP contribution < -0.4 is 10.1 Å². The fraction of sp³-hybridized carbons (Fsp3) is 0.524. The molecule has 3 heterocycles. The summed E-state index contributed by atoms with van der Waals surface area (Å²) in [6.45, 7) is 3.87. The number of rotatable bonds is 4. The summed E-state index contributed by atoms with van der Waals surface area (Å²) in [4.78, 5) is 14.2. The van der Waals surface area contributed by atoms with Crippen molar-refractivity contribution in [3.8, 4) is 11.4 Å². The van der Waals surface area contributed by atoms with Gasteiger partial charge in [-0.1, -0.05) is 0 Å². The molecule has 1 amide bonds. The second-order valence-corrected chi connectivity index (χ2v) is 7.82. The number of hydrogen-bond donors (Lipinski definition) is 1. The van der Waals surface area contributed by atoms with E-state index in [1.165, 1.54) is 18.4 Å². The number of ether oxygens (including phenoxy) is 1. The average Bonchev–Trinajstić information content (AvgIpc) is 3.16. The minimum atomic E-state index is 0. The van der Waals surface area contributed by atoms with Crippen LogP contribution in [-0.4, -0.2) is 47.3 Å². The van der Waals surface area contributed by atoms with Crippen LogP contribution in [0.5, 0.6) is 5.75 Å². The molecule has 4 rings (SSSR count). The van der Waals surface area contributed by atoms with Gasteiger partial charge >= 0.3 is 0 Å². The number of aromatic nitrogens is 2. The molecule has 7 heteroatoms. The lowest BCUT2D eigenvalue weighted by Crippen LogP contribution is -2.40. The molecule has 0 unspecified atom stereocenters. The third kappa shape index (κ3) is 4.50. The predicted octanol–water partition coefficient (Wildman–Crippen LogP) is 3.19. The summed E-state index contributed by atoms with van der Waals surface area (Å²) in [5, 5.41) is 7.43. The minimum absolute atomic E-state index is 0. The molecule has 0 radical (unpaired) electrons. The summed E-state index contributed by atoms with van der Waals surface area (Å²) in [6.07, 6.45) is 8.95.